The molecule has 1 nitrogen and oxygen atoms in total. The molecular weight excluding hydrogens is 122 g/mol. The van der Waals surface area contributed by atoms with Crippen molar-refractivity contribution in [2.24, 2.45) is 17.1 Å². The van der Waals surface area contributed by atoms with Crippen molar-refractivity contribution < 1.29 is 0 Å². The number of hydrogen-bond acceptors (Lipinski definition) is 1. The topological polar surface area (TPSA) is 26.0 Å². The molecule has 0 aromatic heterocycles. The zero-order valence-corrected chi connectivity index (χ0v) is 7.35. The van der Waals surface area contributed by atoms with E-state index in [1.165, 1.54) is 19.3 Å². The van der Waals surface area contributed by atoms with Crippen molar-refractivity contribution in [2.75, 3.05) is 0 Å². The molecule has 0 aliphatic heterocycles. The molecule has 0 aromatic carbocycles. The quantitative estimate of drug-likeness (QED) is 0.549. The molecule has 1 aliphatic rings. The second kappa shape index (κ2) is 2.54. The summed E-state index contributed by atoms with van der Waals surface area (Å²) in [6, 6.07) is 0.490. The first-order chi connectivity index (χ1) is 4.50. The summed E-state index contributed by atoms with van der Waals surface area (Å²) in [5.41, 5.74) is 6.30. The molecule has 1 heteroatoms. The van der Waals surface area contributed by atoms with Crippen LogP contribution < -0.4 is 5.73 Å². The second-order valence-corrected chi connectivity index (χ2v) is 4.64. The highest BCUT2D eigenvalue weighted by Gasteiger charge is 2.30. The normalized spacial score (nSPS) is 34.8. The Labute approximate surface area is 64.0 Å². The third kappa shape index (κ3) is 1.72. The second-order valence-electron chi connectivity index (χ2n) is 4.64. The van der Waals surface area contributed by atoms with Crippen molar-refractivity contribution in [3.05, 3.63) is 0 Å². The Morgan fingerprint density at radius 1 is 1.20 bits per heavy atom. The minimum Gasteiger partial charge on any atom is -0.328 e. The molecule has 0 unspecified atom stereocenters. The van der Waals surface area contributed by atoms with Gasteiger partial charge in [0, 0.05) is 6.04 Å². The molecule has 0 aromatic rings. The molecule has 1 saturated carbocycles. The molecule has 0 spiro atoms. The van der Waals surface area contributed by atoms with Crippen LogP contribution in [-0.4, -0.2) is 6.04 Å². The van der Waals surface area contributed by atoms with Crippen LogP contribution in [0.3, 0.4) is 0 Å². The van der Waals surface area contributed by atoms with Crippen LogP contribution in [0.15, 0.2) is 0 Å². The zero-order chi connectivity index (χ0) is 7.78. The number of hydrogen-bond donors (Lipinski definition) is 1. The van der Waals surface area contributed by atoms with Gasteiger partial charge in [-0.15, -0.1) is 0 Å². The van der Waals surface area contributed by atoms with Crippen molar-refractivity contribution in [3.63, 3.8) is 0 Å². The van der Waals surface area contributed by atoms with E-state index >= 15 is 0 Å². The first-order valence-electron chi connectivity index (χ1n) is 4.26. The Hall–Kier alpha value is -0.0400. The lowest BCUT2D eigenvalue weighted by Gasteiger charge is -2.26. The lowest BCUT2D eigenvalue weighted by molar-refractivity contribution is 0.244. The van der Waals surface area contributed by atoms with E-state index in [2.05, 4.69) is 20.8 Å². The Kier molecular flexibility index (Phi) is 2.04. The highest BCUT2D eigenvalue weighted by molar-refractivity contribution is 4.84. The first kappa shape index (κ1) is 8.06. The smallest absolute Gasteiger partial charge is 0.00417 e. The summed E-state index contributed by atoms with van der Waals surface area (Å²) in [6.45, 7) is 6.95. The molecule has 2 N–H and O–H groups in total. The highest BCUT2D eigenvalue weighted by Crippen LogP contribution is 2.38. The van der Waals surface area contributed by atoms with Gasteiger partial charge >= 0.3 is 0 Å². The lowest BCUT2D eigenvalue weighted by atomic mass is 9.80. The van der Waals surface area contributed by atoms with Crippen molar-refractivity contribution in [1.82, 2.24) is 0 Å². The molecule has 1 aliphatic carbocycles. The van der Waals surface area contributed by atoms with Crippen LogP contribution >= 0.6 is 0 Å². The van der Waals surface area contributed by atoms with Gasteiger partial charge in [-0.05, 0) is 30.6 Å². The summed E-state index contributed by atoms with van der Waals surface area (Å²) in [5, 5.41) is 0. The van der Waals surface area contributed by atoms with Crippen molar-refractivity contribution in [3.8, 4) is 0 Å². The molecule has 60 valence electrons. The van der Waals surface area contributed by atoms with E-state index < -0.39 is 0 Å². The van der Waals surface area contributed by atoms with E-state index in [1.807, 2.05) is 0 Å². The molecule has 0 saturated heterocycles. The number of rotatable bonds is 0. The fourth-order valence-corrected chi connectivity index (χ4v) is 1.80. The maximum atomic E-state index is 5.82. The van der Waals surface area contributed by atoms with E-state index in [-0.39, 0.29) is 0 Å². The minimum absolute atomic E-state index is 0.480. The fraction of sp³-hybridized carbons (Fsp3) is 1.00. The van der Waals surface area contributed by atoms with Gasteiger partial charge in [0.1, 0.15) is 0 Å². The average molecular weight is 141 g/mol. The van der Waals surface area contributed by atoms with Crippen LogP contribution in [0.1, 0.15) is 40.0 Å². The molecule has 0 radical (unpaired) electrons. The van der Waals surface area contributed by atoms with Gasteiger partial charge in [-0.3, -0.25) is 0 Å². The van der Waals surface area contributed by atoms with E-state index in [0.29, 0.717) is 11.5 Å². The maximum absolute atomic E-state index is 5.82. The van der Waals surface area contributed by atoms with Gasteiger partial charge in [0.25, 0.3) is 0 Å². The Morgan fingerprint density at radius 2 is 1.80 bits per heavy atom. The zero-order valence-electron chi connectivity index (χ0n) is 7.35. The van der Waals surface area contributed by atoms with E-state index in [9.17, 15) is 0 Å². The Balaban J connectivity index is 2.45. The van der Waals surface area contributed by atoms with Crippen LogP contribution in [0.25, 0.3) is 0 Å². The summed E-state index contributed by atoms with van der Waals surface area (Å²) in [4.78, 5) is 0. The average Bonchev–Trinajstić information content (AvgIpc) is 2.11. The maximum Gasteiger partial charge on any atom is 0.00417 e. The van der Waals surface area contributed by atoms with Gasteiger partial charge in [0.2, 0.25) is 0 Å². The monoisotopic (exact) mass is 141 g/mol. The van der Waals surface area contributed by atoms with E-state index in [1.54, 1.807) is 0 Å². The van der Waals surface area contributed by atoms with Gasteiger partial charge in [-0.25, -0.2) is 0 Å². The first-order valence-corrected chi connectivity index (χ1v) is 4.26. The molecule has 0 heterocycles. The summed E-state index contributed by atoms with van der Waals surface area (Å²) in [5.74, 6) is 0.863. The number of nitrogens with two attached hydrogens (primary N) is 1. The summed E-state index contributed by atoms with van der Waals surface area (Å²) in [6.07, 6.45) is 3.82. The van der Waals surface area contributed by atoms with Crippen molar-refractivity contribution >= 4 is 0 Å². The Bertz CT molecular complexity index is 112. The minimum atomic E-state index is 0.480. The SMILES string of the molecule is CC(C)(C)[C@H]1CC[C@H](N)C1. The Morgan fingerprint density at radius 3 is 2.00 bits per heavy atom. The van der Waals surface area contributed by atoms with Gasteiger partial charge in [-0.2, -0.15) is 0 Å². The third-order valence-corrected chi connectivity index (χ3v) is 2.70. The van der Waals surface area contributed by atoms with Crippen LogP contribution in [-0.2, 0) is 0 Å². The van der Waals surface area contributed by atoms with Gasteiger partial charge in [0.15, 0.2) is 0 Å². The highest BCUT2D eigenvalue weighted by atomic mass is 14.7. The van der Waals surface area contributed by atoms with Crippen molar-refractivity contribution in [2.45, 2.75) is 46.1 Å². The third-order valence-electron chi connectivity index (χ3n) is 2.70. The van der Waals surface area contributed by atoms with Crippen LogP contribution in [0.4, 0.5) is 0 Å². The largest absolute Gasteiger partial charge is 0.328 e. The van der Waals surface area contributed by atoms with E-state index in [0.717, 1.165) is 5.92 Å². The predicted octanol–water partition coefficient (Wildman–Crippen LogP) is 2.16. The van der Waals surface area contributed by atoms with Gasteiger partial charge < -0.3 is 5.73 Å². The molecule has 1 fully saturated rings. The molecule has 0 bridgehead atoms. The lowest BCUT2D eigenvalue weighted by Crippen LogP contribution is -2.21. The summed E-state index contributed by atoms with van der Waals surface area (Å²) >= 11 is 0. The van der Waals surface area contributed by atoms with Crippen LogP contribution in [0.5, 0.6) is 0 Å². The molecule has 0 amide bonds. The summed E-state index contributed by atoms with van der Waals surface area (Å²) < 4.78 is 0. The van der Waals surface area contributed by atoms with Gasteiger partial charge in [0.05, 0.1) is 0 Å². The summed E-state index contributed by atoms with van der Waals surface area (Å²) in [7, 11) is 0. The van der Waals surface area contributed by atoms with E-state index in [4.69, 9.17) is 5.73 Å². The van der Waals surface area contributed by atoms with Gasteiger partial charge in [-0.1, -0.05) is 20.8 Å². The standard InChI is InChI=1S/C9H19N/c1-9(2,3)7-4-5-8(10)6-7/h7-8H,4-6,10H2,1-3H3/t7-,8-/m0/s1. The molecule has 1 rings (SSSR count). The van der Waals surface area contributed by atoms with Crippen LogP contribution in [0.2, 0.25) is 0 Å². The molecule has 10 heavy (non-hydrogen) atoms. The predicted molar refractivity (Wildman–Crippen MR) is 44.8 cm³/mol. The van der Waals surface area contributed by atoms with Crippen LogP contribution in [0, 0.1) is 11.3 Å². The van der Waals surface area contributed by atoms with Crippen molar-refractivity contribution in [1.29, 1.82) is 0 Å². The fourth-order valence-electron chi connectivity index (χ4n) is 1.80. The molecular formula is C9H19N. The molecule has 2 atom stereocenters.